The number of fused-ring (bicyclic) bond motifs is 2. The molecule has 1 aromatic heterocycles. The maximum atomic E-state index is 12.6. The van der Waals surface area contributed by atoms with E-state index in [0.717, 1.165) is 13.1 Å². The van der Waals surface area contributed by atoms with Gasteiger partial charge >= 0.3 is 0 Å². The molecule has 2 aromatic rings. The van der Waals surface area contributed by atoms with Crippen LogP contribution in [0, 0.1) is 0 Å². The summed E-state index contributed by atoms with van der Waals surface area (Å²) >= 11 is 0. The number of benzene rings is 1. The largest absolute Gasteiger partial charge is 0.455 e. The van der Waals surface area contributed by atoms with Crippen LogP contribution in [0.25, 0.3) is 0 Å². The number of rotatable bonds is 2. The van der Waals surface area contributed by atoms with Gasteiger partial charge in [-0.2, -0.15) is 0 Å². The van der Waals surface area contributed by atoms with Crippen molar-refractivity contribution in [2.24, 2.45) is 0 Å². The zero-order valence-corrected chi connectivity index (χ0v) is 12.5. The Hall–Kier alpha value is -2.20. The molecule has 4 nitrogen and oxygen atoms in total. The van der Waals surface area contributed by atoms with Gasteiger partial charge in [-0.25, -0.2) is 0 Å². The lowest BCUT2D eigenvalue weighted by atomic mass is 9.88. The molecule has 1 aliphatic carbocycles. The molecule has 1 saturated heterocycles. The van der Waals surface area contributed by atoms with Gasteiger partial charge in [0.2, 0.25) is 5.78 Å². The van der Waals surface area contributed by atoms with Gasteiger partial charge in [0.25, 0.3) is 0 Å². The number of nitrogens with zero attached hydrogens (tertiary/aromatic N) is 1. The number of carbonyl (C=O) groups excluding carboxylic acids is 2. The van der Waals surface area contributed by atoms with Gasteiger partial charge in [-0.05, 0) is 38.9 Å². The van der Waals surface area contributed by atoms with Gasteiger partial charge in [0.05, 0.1) is 11.6 Å². The molecule has 1 fully saturated rings. The Morgan fingerprint density at radius 2 is 1.64 bits per heavy atom. The topological polar surface area (TPSA) is 50.5 Å². The molecule has 0 spiro atoms. The summed E-state index contributed by atoms with van der Waals surface area (Å²) in [7, 11) is 0. The number of carbonyl (C=O) groups is 2. The highest BCUT2D eigenvalue weighted by Gasteiger charge is 2.35. The highest BCUT2D eigenvalue weighted by Crippen LogP contribution is 2.33. The maximum Gasteiger partial charge on any atom is 0.229 e. The van der Waals surface area contributed by atoms with Gasteiger partial charge in [-0.1, -0.05) is 24.3 Å². The summed E-state index contributed by atoms with van der Waals surface area (Å²) in [6.07, 6.45) is 2.38. The lowest BCUT2D eigenvalue weighted by Gasteiger charge is -2.21. The molecule has 1 unspecified atom stereocenters. The van der Waals surface area contributed by atoms with Crippen molar-refractivity contribution in [3.05, 3.63) is 58.5 Å². The summed E-state index contributed by atoms with van der Waals surface area (Å²) < 4.78 is 5.81. The van der Waals surface area contributed by atoms with Gasteiger partial charge < -0.3 is 4.42 Å². The molecule has 2 aliphatic rings. The molecule has 1 atom stereocenters. The van der Waals surface area contributed by atoms with Crippen LogP contribution < -0.4 is 0 Å². The van der Waals surface area contributed by atoms with Crippen LogP contribution in [-0.2, 0) is 0 Å². The monoisotopic (exact) mass is 295 g/mol. The first kappa shape index (κ1) is 13.5. The zero-order valence-electron chi connectivity index (χ0n) is 12.5. The predicted octanol–water partition coefficient (Wildman–Crippen LogP) is 3.21. The second-order valence-electron chi connectivity index (χ2n) is 6.01. The molecule has 1 aliphatic heterocycles. The molecule has 0 bridgehead atoms. The van der Waals surface area contributed by atoms with Crippen LogP contribution >= 0.6 is 0 Å². The van der Waals surface area contributed by atoms with Crippen LogP contribution in [0.4, 0.5) is 0 Å². The van der Waals surface area contributed by atoms with Gasteiger partial charge in [-0.15, -0.1) is 0 Å². The van der Waals surface area contributed by atoms with Crippen molar-refractivity contribution < 1.29 is 14.0 Å². The van der Waals surface area contributed by atoms with E-state index in [1.807, 2.05) is 0 Å². The van der Waals surface area contributed by atoms with E-state index >= 15 is 0 Å². The number of likely N-dealkylation sites (tertiary alicyclic amines) is 1. The van der Waals surface area contributed by atoms with Crippen LogP contribution in [0.1, 0.15) is 63.6 Å². The van der Waals surface area contributed by atoms with Crippen molar-refractivity contribution in [2.75, 3.05) is 13.1 Å². The van der Waals surface area contributed by atoms with E-state index in [1.165, 1.54) is 12.8 Å². The minimum atomic E-state index is -0.190. The summed E-state index contributed by atoms with van der Waals surface area (Å²) in [5.74, 6) is 0.602. The van der Waals surface area contributed by atoms with Crippen molar-refractivity contribution >= 4 is 11.6 Å². The Morgan fingerprint density at radius 3 is 2.32 bits per heavy atom. The Morgan fingerprint density at radius 1 is 1.00 bits per heavy atom. The molecule has 0 amide bonds. The fraction of sp³-hybridized carbons (Fsp3) is 0.333. The van der Waals surface area contributed by atoms with Crippen molar-refractivity contribution in [3.63, 3.8) is 0 Å². The molecule has 0 saturated carbocycles. The first-order chi connectivity index (χ1) is 10.7. The smallest absolute Gasteiger partial charge is 0.229 e. The van der Waals surface area contributed by atoms with E-state index in [0.29, 0.717) is 22.5 Å². The van der Waals surface area contributed by atoms with Gasteiger partial charge in [0.1, 0.15) is 5.76 Å². The highest BCUT2D eigenvalue weighted by molar-refractivity contribution is 6.27. The van der Waals surface area contributed by atoms with E-state index in [9.17, 15) is 9.59 Å². The molecule has 22 heavy (non-hydrogen) atoms. The summed E-state index contributed by atoms with van der Waals surface area (Å²) in [5.41, 5.74) is 1.32. The van der Waals surface area contributed by atoms with Gasteiger partial charge in [0.15, 0.2) is 11.5 Å². The molecule has 4 heteroatoms. The predicted molar refractivity (Wildman–Crippen MR) is 81.2 cm³/mol. The number of hydrogen-bond donors (Lipinski definition) is 0. The lowest BCUT2D eigenvalue weighted by Crippen LogP contribution is -2.22. The standard InChI is InChI=1S/C18H17NO3/c1-11(19-8-4-5-9-19)15-10-14-16(20)12-6-2-3-7-13(12)17(21)18(14)22-15/h2-3,6-7,10-11H,4-5,8-9H2,1H3. The van der Waals surface area contributed by atoms with E-state index in [1.54, 1.807) is 30.3 Å². The van der Waals surface area contributed by atoms with Crippen LogP contribution in [0.15, 0.2) is 34.7 Å². The minimum Gasteiger partial charge on any atom is -0.455 e. The average molecular weight is 295 g/mol. The van der Waals surface area contributed by atoms with Crippen molar-refractivity contribution in [2.45, 2.75) is 25.8 Å². The number of ketones is 2. The lowest BCUT2D eigenvalue weighted by molar-refractivity contribution is 0.0957. The molecule has 0 N–H and O–H groups in total. The normalized spacial score (nSPS) is 19.1. The Bertz CT molecular complexity index is 716. The summed E-state index contributed by atoms with van der Waals surface area (Å²) in [4.78, 5) is 27.5. The summed E-state index contributed by atoms with van der Waals surface area (Å²) in [6.45, 7) is 4.14. The zero-order chi connectivity index (χ0) is 15.3. The summed E-state index contributed by atoms with van der Waals surface area (Å²) in [6, 6.07) is 8.79. The van der Waals surface area contributed by atoms with Gasteiger partial charge in [0, 0.05) is 11.1 Å². The molecule has 0 radical (unpaired) electrons. The molecule has 2 heterocycles. The molecule has 112 valence electrons. The SMILES string of the molecule is CC(c1cc2c(o1)C(=O)c1ccccc1C2=O)N1CCCC1. The van der Waals surface area contributed by atoms with E-state index in [2.05, 4.69) is 11.8 Å². The third kappa shape index (κ3) is 1.87. The first-order valence-electron chi connectivity index (χ1n) is 7.73. The van der Waals surface area contributed by atoms with Crippen molar-refractivity contribution in [3.8, 4) is 0 Å². The fourth-order valence-electron chi connectivity index (χ4n) is 3.41. The highest BCUT2D eigenvalue weighted by atomic mass is 16.4. The second kappa shape index (κ2) is 4.92. The number of hydrogen-bond acceptors (Lipinski definition) is 4. The first-order valence-corrected chi connectivity index (χ1v) is 7.73. The van der Waals surface area contributed by atoms with Crippen molar-refractivity contribution in [1.82, 2.24) is 4.90 Å². The van der Waals surface area contributed by atoms with E-state index in [4.69, 9.17) is 4.42 Å². The minimum absolute atomic E-state index is 0.0943. The Balaban J connectivity index is 1.76. The fourth-order valence-corrected chi connectivity index (χ4v) is 3.41. The number of furan rings is 1. The van der Waals surface area contributed by atoms with E-state index in [-0.39, 0.29) is 23.4 Å². The van der Waals surface area contributed by atoms with Crippen LogP contribution in [0.3, 0.4) is 0 Å². The third-order valence-corrected chi connectivity index (χ3v) is 4.72. The van der Waals surface area contributed by atoms with Crippen LogP contribution in [0.2, 0.25) is 0 Å². The van der Waals surface area contributed by atoms with Crippen LogP contribution in [-0.4, -0.2) is 29.6 Å². The summed E-state index contributed by atoms with van der Waals surface area (Å²) in [5, 5.41) is 0. The average Bonchev–Trinajstić information content (AvgIpc) is 3.21. The third-order valence-electron chi connectivity index (χ3n) is 4.72. The molecular formula is C18H17NO3. The van der Waals surface area contributed by atoms with Crippen molar-refractivity contribution in [1.29, 1.82) is 0 Å². The maximum absolute atomic E-state index is 12.6. The molecular weight excluding hydrogens is 278 g/mol. The second-order valence-corrected chi connectivity index (χ2v) is 6.01. The van der Waals surface area contributed by atoms with Gasteiger partial charge in [-0.3, -0.25) is 14.5 Å². The molecule has 1 aromatic carbocycles. The Labute approximate surface area is 128 Å². The van der Waals surface area contributed by atoms with E-state index < -0.39 is 0 Å². The molecule has 4 rings (SSSR count). The van der Waals surface area contributed by atoms with Crippen LogP contribution in [0.5, 0.6) is 0 Å². The quantitative estimate of drug-likeness (QED) is 0.728. The Kier molecular flexibility index (Phi) is 3.01.